The van der Waals surface area contributed by atoms with Crippen molar-refractivity contribution in [2.45, 2.75) is 0 Å². The van der Waals surface area contributed by atoms with Crippen molar-refractivity contribution in [3.63, 3.8) is 0 Å². The van der Waals surface area contributed by atoms with Gasteiger partial charge in [0.25, 0.3) is 0 Å². The summed E-state index contributed by atoms with van der Waals surface area (Å²) in [5.74, 6) is 0. The number of pyridine rings is 2. The average molecular weight is 480 g/mol. The average Bonchev–Trinajstić information content (AvgIpc) is 2.53. The molecule has 3 radical (unpaired) electrons. The van der Waals surface area contributed by atoms with E-state index < -0.39 is 0 Å². The first kappa shape index (κ1) is 18.7. The van der Waals surface area contributed by atoms with E-state index in [1.54, 1.807) is 24.8 Å². The van der Waals surface area contributed by atoms with Crippen molar-refractivity contribution in [3.8, 4) is 0 Å². The Morgan fingerprint density at radius 3 is 1.05 bits per heavy atom. The van der Waals surface area contributed by atoms with Gasteiger partial charge < -0.3 is 0 Å². The molecule has 2 aromatic heterocycles. The van der Waals surface area contributed by atoms with Gasteiger partial charge in [0, 0.05) is 56.0 Å². The van der Waals surface area contributed by atoms with E-state index in [2.05, 4.69) is 9.97 Å². The smallest absolute Gasteiger partial charge is 0.0405 e. The van der Waals surface area contributed by atoms with E-state index in [0.717, 1.165) is 5.02 Å². The third-order valence-corrected chi connectivity index (χ3v) is 2.12. The van der Waals surface area contributed by atoms with E-state index in [1.165, 1.54) is 0 Å². The number of hydrogen-bond donors (Lipinski definition) is 0. The second-order valence-corrected chi connectivity index (χ2v) is 3.78. The Labute approximate surface area is 144 Å². The van der Waals surface area contributed by atoms with E-state index in [4.69, 9.17) is 11.6 Å². The van der Waals surface area contributed by atoms with Gasteiger partial charge in [-0.2, -0.15) is 0 Å². The van der Waals surface area contributed by atoms with Gasteiger partial charge in [0.2, 0.25) is 0 Å². The summed E-state index contributed by atoms with van der Waals surface area (Å²) in [5, 5.41) is 0.794. The molecule has 0 N–H and O–H groups in total. The van der Waals surface area contributed by atoms with Crippen molar-refractivity contribution in [1.29, 1.82) is 0 Å². The minimum Gasteiger partial charge on any atom is -0.265 e. The van der Waals surface area contributed by atoms with Gasteiger partial charge in [-0.15, -0.1) is 0 Å². The Bertz CT molecular complexity index is 422. The van der Waals surface area contributed by atoms with E-state index in [1.807, 2.05) is 66.7 Å². The van der Waals surface area contributed by atoms with Crippen LogP contribution in [0.2, 0.25) is 5.02 Å². The number of benzene rings is 1. The van der Waals surface area contributed by atoms with Crippen LogP contribution in [0.5, 0.6) is 0 Å². The summed E-state index contributed by atoms with van der Waals surface area (Å²) < 4.78 is 0. The van der Waals surface area contributed by atoms with Gasteiger partial charge in [0.05, 0.1) is 0 Å². The maximum atomic E-state index is 5.54. The van der Waals surface area contributed by atoms with Crippen LogP contribution in [0.1, 0.15) is 0 Å². The Kier molecular flexibility index (Phi) is 13.2. The van der Waals surface area contributed by atoms with Crippen LogP contribution in [0.4, 0.5) is 0 Å². The van der Waals surface area contributed by atoms with Crippen molar-refractivity contribution in [2.75, 3.05) is 0 Å². The molecule has 0 spiro atoms. The fourth-order valence-corrected chi connectivity index (χ4v) is 1.19. The third kappa shape index (κ3) is 11.8. The molecule has 0 amide bonds. The molecule has 1 aromatic carbocycles. The van der Waals surface area contributed by atoms with Crippen molar-refractivity contribution < 1.29 is 0 Å². The molecule has 0 saturated heterocycles. The first-order chi connectivity index (χ1) is 9.39. The fourth-order valence-electron chi connectivity index (χ4n) is 1.04. The zero-order valence-electron chi connectivity index (χ0n) is 10.9. The number of hydrogen-bond acceptors (Lipinski definition) is 2. The molecule has 3 rings (SSSR count). The fraction of sp³-hybridized carbons (Fsp3) is 0. The standard InChI is InChI=1S/C6H5Cl.2C5H5N.Bi/c7-6-4-2-1-3-5-6;2*1-2-4-6-5-3-1;/h1-5H;2*1-5H;. The van der Waals surface area contributed by atoms with Crippen LogP contribution in [0.3, 0.4) is 0 Å². The van der Waals surface area contributed by atoms with Crippen molar-refractivity contribution >= 4 is 37.8 Å². The molecular formula is C16H15BiClN2. The SMILES string of the molecule is Clc1ccccc1.[Bi].c1ccncc1.c1ccncc1. The van der Waals surface area contributed by atoms with Crippen LogP contribution in [0.15, 0.2) is 91.5 Å². The predicted molar refractivity (Wildman–Crippen MR) is 85.7 cm³/mol. The summed E-state index contributed by atoms with van der Waals surface area (Å²) in [4.78, 5) is 7.57. The maximum Gasteiger partial charge on any atom is 0.0405 e. The van der Waals surface area contributed by atoms with Gasteiger partial charge in [-0.05, 0) is 36.4 Å². The quantitative estimate of drug-likeness (QED) is 0.453. The van der Waals surface area contributed by atoms with Crippen molar-refractivity contribution in [2.24, 2.45) is 0 Å². The van der Waals surface area contributed by atoms with E-state index >= 15 is 0 Å². The zero-order chi connectivity index (χ0) is 13.6. The molecule has 0 aliphatic rings. The Morgan fingerprint density at radius 1 is 0.550 bits per heavy atom. The summed E-state index contributed by atoms with van der Waals surface area (Å²) in [5.41, 5.74) is 0. The largest absolute Gasteiger partial charge is 0.265 e. The van der Waals surface area contributed by atoms with E-state index in [9.17, 15) is 0 Å². The second-order valence-electron chi connectivity index (χ2n) is 3.34. The molecule has 20 heavy (non-hydrogen) atoms. The number of nitrogens with zero attached hydrogens (tertiary/aromatic N) is 2. The topological polar surface area (TPSA) is 25.8 Å². The normalized spacial score (nSPS) is 7.85. The van der Waals surface area contributed by atoms with Crippen LogP contribution in [-0.4, -0.2) is 36.2 Å². The summed E-state index contributed by atoms with van der Waals surface area (Å²) >= 11 is 5.54. The third-order valence-electron chi connectivity index (χ3n) is 1.87. The molecule has 3 aromatic rings. The van der Waals surface area contributed by atoms with Gasteiger partial charge in [-0.25, -0.2) is 0 Å². The van der Waals surface area contributed by atoms with Gasteiger partial charge in [-0.1, -0.05) is 41.9 Å². The molecule has 2 heterocycles. The summed E-state index contributed by atoms with van der Waals surface area (Å²) in [6.07, 6.45) is 7.00. The Balaban J connectivity index is 0.000000265. The van der Waals surface area contributed by atoms with Crippen LogP contribution in [0.25, 0.3) is 0 Å². The molecular weight excluding hydrogens is 465 g/mol. The second kappa shape index (κ2) is 14.1. The molecule has 4 heteroatoms. The summed E-state index contributed by atoms with van der Waals surface area (Å²) in [6, 6.07) is 20.9. The molecule has 0 aliphatic carbocycles. The molecule has 0 saturated carbocycles. The maximum absolute atomic E-state index is 5.54. The van der Waals surface area contributed by atoms with Crippen molar-refractivity contribution in [3.05, 3.63) is 96.5 Å². The first-order valence-corrected chi connectivity index (χ1v) is 6.18. The molecule has 101 valence electrons. The molecule has 0 bridgehead atoms. The molecule has 0 unspecified atom stereocenters. The van der Waals surface area contributed by atoms with Gasteiger partial charge in [0.15, 0.2) is 0 Å². The molecule has 0 aliphatic heterocycles. The van der Waals surface area contributed by atoms with Gasteiger partial charge in [0.1, 0.15) is 0 Å². The van der Waals surface area contributed by atoms with Crippen LogP contribution in [-0.2, 0) is 0 Å². The minimum absolute atomic E-state index is 0. The van der Waals surface area contributed by atoms with Crippen LogP contribution >= 0.6 is 11.6 Å². The minimum atomic E-state index is 0. The van der Waals surface area contributed by atoms with Crippen LogP contribution < -0.4 is 0 Å². The number of halogens is 1. The van der Waals surface area contributed by atoms with Gasteiger partial charge >= 0.3 is 0 Å². The zero-order valence-corrected chi connectivity index (χ0v) is 15.1. The van der Waals surface area contributed by atoms with Crippen LogP contribution in [0, 0.1) is 0 Å². The monoisotopic (exact) mass is 479 g/mol. The number of aromatic nitrogens is 2. The van der Waals surface area contributed by atoms with Crippen molar-refractivity contribution in [1.82, 2.24) is 9.97 Å². The summed E-state index contributed by atoms with van der Waals surface area (Å²) in [7, 11) is 0. The molecule has 2 nitrogen and oxygen atoms in total. The van der Waals surface area contributed by atoms with E-state index in [-0.39, 0.29) is 26.2 Å². The summed E-state index contributed by atoms with van der Waals surface area (Å²) in [6.45, 7) is 0. The Hall–Kier alpha value is -1.31. The Morgan fingerprint density at radius 2 is 0.900 bits per heavy atom. The predicted octanol–water partition coefficient (Wildman–Crippen LogP) is 4.12. The first-order valence-electron chi connectivity index (χ1n) is 5.80. The van der Waals surface area contributed by atoms with Gasteiger partial charge in [-0.3, -0.25) is 9.97 Å². The number of rotatable bonds is 0. The molecule has 0 atom stereocenters. The van der Waals surface area contributed by atoms with E-state index in [0.29, 0.717) is 0 Å². The molecule has 0 fully saturated rings.